The van der Waals surface area contributed by atoms with Crippen molar-refractivity contribution in [2.24, 2.45) is 18.2 Å². The van der Waals surface area contributed by atoms with Gasteiger partial charge in [-0.15, -0.1) is 0 Å². The van der Waals surface area contributed by atoms with Crippen molar-refractivity contribution in [2.45, 2.75) is 52.5 Å². The van der Waals surface area contributed by atoms with Gasteiger partial charge >= 0.3 is 0 Å². The van der Waals surface area contributed by atoms with E-state index in [9.17, 15) is 0 Å². The van der Waals surface area contributed by atoms with Crippen molar-refractivity contribution in [3.63, 3.8) is 0 Å². The minimum Gasteiger partial charge on any atom is -0.324 e. The molecule has 0 fully saturated rings. The van der Waals surface area contributed by atoms with Crippen LogP contribution in [-0.2, 0) is 19.9 Å². The van der Waals surface area contributed by atoms with Crippen LogP contribution in [0.2, 0.25) is 0 Å². The van der Waals surface area contributed by atoms with Crippen LogP contribution in [0.3, 0.4) is 0 Å². The number of allylic oxidation sites excluding steroid dienone is 1. The lowest BCUT2D eigenvalue weighted by Crippen LogP contribution is -2.31. The van der Waals surface area contributed by atoms with Gasteiger partial charge in [0.25, 0.3) is 0 Å². The number of hydrogen-bond acceptors (Lipinski definition) is 2. The van der Waals surface area contributed by atoms with E-state index in [-0.39, 0.29) is 6.04 Å². The second kappa shape index (κ2) is 4.88. The summed E-state index contributed by atoms with van der Waals surface area (Å²) in [5, 5.41) is 4.51. The molecule has 0 aromatic carbocycles. The normalized spacial score (nSPS) is 22.9. The highest BCUT2D eigenvalue weighted by molar-refractivity contribution is 5.22. The summed E-state index contributed by atoms with van der Waals surface area (Å²) in [5.41, 5.74) is 10.4. The van der Waals surface area contributed by atoms with Crippen LogP contribution in [-0.4, -0.2) is 15.8 Å². The monoisotopic (exact) mass is 247 g/mol. The Labute approximate surface area is 110 Å². The fourth-order valence-corrected chi connectivity index (χ4v) is 3.01. The second-order valence-electron chi connectivity index (χ2n) is 6.31. The van der Waals surface area contributed by atoms with E-state index in [1.165, 1.54) is 17.0 Å². The molecule has 18 heavy (non-hydrogen) atoms. The topological polar surface area (TPSA) is 43.8 Å². The van der Waals surface area contributed by atoms with Gasteiger partial charge in [-0.3, -0.25) is 4.68 Å². The predicted octanol–water partition coefficient (Wildman–Crippen LogP) is 2.60. The Kier molecular flexibility index (Phi) is 3.62. The Morgan fingerprint density at radius 1 is 1.50 bits per heavy atom. The molecule has 0 radical (unpaired) electrons. The van der Waals surface area contributed by atoms with E-state index in [1.54, 1.807) is 0 Å². The van der Waals surface area contributed by atoms with Gasteiger partial charge in [0.2, 0.25) is 0 Å². The van der Waals surface area contributed by atoms with Crippen LogP contribution in [0.4, 0.5) is 0 Å². The number of aromatic nitrogens is 2. The fraction of sp³-hybridized carbons (Fsp3) is 0.667. The first-order valence-corrected chi connectivity index (χ1v) is 6.86. The summed E-state index contributed by atoms with van der Waals surface area (Å²) in [7, 11) is 2.03. The summed E-state index contributed by atoms with van der Waals surface area (Å²) in [6, 6.07) is 2.43. The maximum atomic E-state index is 6.13. The van der Waals surface area contributed by atoms with E-state index in [1.807, 2.05) is 11.7 Å². The maximum absolute atomic E-state index is 6.13. The van der Waals surface area contributed by atoms with Crippen molar-refractivity contribution in [2.75, 3.05) is 0 Å². The Bertz CT molecular complexity index is 454. The lowest BCUT2D eigenvalue weighted by molar-refractivity contribution is 0.299. The van der Waals surface area contributed by atoms with E-state index < -0.39 is 0 Å². The summed E-state index contributed by atoms with van der Waals surface area (Å²) in [5.74, 6) is 0. The van der Waals surface area contributed by atoms with E-state index in [0.29, 0.717) is 5.41 Å². The molecule has 0 saturated heterocycles. The molecule has 2 N–H and O–H groups in total. The van der Waals surface area contributed by atoms with Gasteiger partial charge in [0.05, 0.1) is 5.69 Å². The molecule has 1 atom stereocenters. The van der Waals surface area contributed by atoms with Gasteiger partial charge in [-0.2, -0.15) is 5.10 Å². The molecule has 0 aliphatic heterocycles. The lowest BCUT2D eigenvalue weighted by Gasteiger charge is -2.33. The van der Waals surface area contributed by atoms with Crippen molar-refractivity contribution in [3.8, 4) is 0 Å². The number of rotatable bonds is 3. The zero-order valence-corrected chi connectivity index (χ0v) is 12.0. The van der Waals surface area contributed by atoms with E-state index in [0.717, 1.165) is 25.7 Å². The minimum absolute atomic E-state index is 0.211. The number of nitrogens with two attached hydrogens (primary N) is 1. The molecule has 0 saturated carbocycles. The summed E-state index contributed by atoms with van der Waals surface area (Å²) in [6.45, 7) is 6.76. The van der Waals surface area contributed by atoms with Crippen LogP contribution in [0.15, 0.2) is 17.7 Å². The van der Waals surface area contributed by atoms with Crippen LogP contribution >= 0.6 is 0 Å². The molecule has 100 valence electrons. The second-order valence-corrected chi connectivity index (χ2v) is 6.31. The predicted molar refractivity (Wildman–Crippen MR) is 75.4 cm³/mol. The molecule has 1 aliphatic rings. The van der Waals surface area contributed by atoms with Gasteiger partial charge in [0.1, 0.15) is 0 Å². The summed E-state index contributed by atoms with van der Waals surface area (Å²) < 4.78 is 2.01. The number of aryl methyl sites for hydroxylation is 2. The molecule has 3 heteroatoms. The molecule has 1 aromatic heterocycles. The molecule has 0 amide bonds. The molecular formula is C15H25N3. The average molecular weight is 247 g/mol. The zero-order chi connectivity index (χ0) is 13.3. The quantitative estimate of drug-likeness (QED) is 0.834. The van der Waals surface area contributed by atoms with Crippen molar-refractivity contribution in [1.82, 2.24) is 9.78 Å². The molecule has 1 aromatic rings. The number of hydrogen-bond donors (Lipinski definition) is 1. The molecule has 1 unspecified atom stereocenters. The largest absolute Gasteiger partial charge is 0.324 e. The van der Waals surface area contributed by atoms with E-state index in [4.69, 9.17) is 5.73 Å². The third-order valence-corrected chi connectivity index (χ3v) is 3.74. The van der Waals surface area contributed by atoms with Crippen molar-refractivity contribution in [1.29, 1.82) is 0 Å². The molecule has 2 rings (SSSR count). The summed E-state index contributed by atoms with van der Waals surface area (Å²) >= 11 is 0. The van der Waals surface area contributed by atoms with Gasteiger partial charge in [-0.25, -0.2) is 0 Å². The van der Waals surface area contributed by atoms with Crippen LogP contribution < -0.4 is 5.73 Å². The Morgan fingerprint density at radius 3 is 2.78 bits per heavy atom. The Morgan fingerprint density at radius 2 is 2.22 bits per heavy atom. The van der Waals surface area contributed by atoms with Crippen molar-refractivity contribution >= 4 is 0 Å². The van der Waals surface area contributed by atoms with Gasteiger partial charge in [0.15, 0.2) is 0 Å². The van der Waals surface area contributed by atoms with Gasteiger partial charge < -0.3 is 5.73 Å². The molecule has 3 nitrogen and oxygen atoms in total. The first-order chi connectivity index (χ1) is 8.39. The van der Waals surface area contributed by atoms with Gasteiger partial charge in [-0.1, -0.05) is 32.4 Å². The smallest absolute Gasteiger partial charge is 0.0624 e. The Balaban J connectivity index is 2.15. The maximum Gasteiger partial charge on any atom is 0.0624 e. The molecular weight excluding hydrogens is 222 g/mol. The van der Waals surface area contributed by atoms with E-state index >= 15 is 0 Å². The average Bonchev–Trinajstić information content (AvgIpc) is 2.56. The van der Waals surface area contributed by atoms with Gasteiger partial charge in [0, 0.05) is 25.2 Å². The first-order valence-electron chi connectivity index (χ1n) is 6.86. The third-order valence-electron chi connectivity index (χ3n) is 3.74. The number of nitrogens with zero attached hydrogens (tertiary/aromatic N) is 2. The highest BCUT2D eigenvalue weighted by atomic mass is 15.3. The lowest BCUT2D eigenvalue weighted by atomic mass is 9.74. The minimum atomic E-state index is 0.211. The SMILES string of the molecule is CCc1cc(CC2=CC(N)CC(C)(C)C2)n(C)n1. The molecule has 0 bridgehead atoms. The Hall–Kier alpha value is -1.09. The standard InChI is InChI=1S/C15H25N3/c1-5-13-8-14(18(4)17-13)7-11-6-12(16)10-15(2,3)9-11/h6,8,12H,5,7,9-10,16H2,1-4H3. The summed E-state index contributed by atoms with van der Waals surface area (Å²) in [4.78, 5) is 0. The van der Waals surface area contributed by atoms with Crippen LogP contribution in [0.25, 0.3) is 0 Å². The highest BCUT2D eigenvalue weighted by Crippen LogP contribution is 2.35. The zero-order valence-electron chi connectivity index (χ0n) is 12.0. The molecule has 1 heterocycles. The van der Waals surface area contributed by atoms with Crippen LogP contribution in [0.5, 0.6) is 0 Å². The molecule has 0 spiro atoms. The summed E-state index contributed by atoms with van der Waals surface area (Å²) in [6.07, 6.45) is 6.47. The van der Waals surface area contributed by atoms with Crippen LogP contribution in [0, 0.1) is 5.41 Å². The third kappa shape index (κ3) is 3.02. The highest BCUT2D eigenvalue weighted by Gasteiger charge is 2.27. The first kappa shape index (κ1) is 13.3. The van der Waals surface area contributed by atoms with Crippen molar-refractivity contribution in [3.05, 3.63) is 29.1 Å². The molecule has 1 aliphatic carbocycles. The van der Waals surface area contributed by atoms with Gasteiger partial charge in [-0.05, 0) is 30.7 Å². The van der Waals surface area contributed by atoms with Crippen LogP contribution in [0.1, 0.15) is 45.0 Å². The fourth-order valence-electron chi connectivity index (χ4n) is 3.01. The van der Waals surface area contributed by atoms with Crippen molar-refractivity contribution < 1.29 is 0 Å². The van der Waals surface area contributed by atoms with E-state index in [2.05, 4.69) is 38.0 Å².